The Morgan fingerprint density at radius 1 is 1.18 bits per heavy atom. The van der Waals surface area contributed by atoms with Crippen LogP contribution in [0, 0.1) is 30.5 Å². The standard InChI is InChI=1S/C30H40ClFN4O2/c1-20-29(31)34-26(16-33-20)7-2-4-21-10-12-35(13-11-21)17-24-18-36(28(30(37)38)14-22-8-9-22)19-27(24)23-5-3-6-25(32)15-23/h3,5-6,15-16,21-22,24,27-28H,2,4,7-14,17-19H2,1H3,(H,37,38)/t24-,27+,28+/m0/s1. The summed E-state index contributed by atoms with van der Waals surface area (Å²) in [5.74, 6) is 0.805. The summed E-state index contributed by atoms with van der Waals surface area (Å²) in [6.07, 6.45) is 10.4. The van der Waals surface area contributed by atoms with Gasteiger partial charge in [-0.25, -0.2) is 9.37 Å². The predicted molar refractivity (Wildman–Crippen MR) is 147 cm³/mol. The molecule has 2 saturated heterocycles. The first kappa shape index (κ1) is 27.5. The van der Waals surface area contributed by atoms with Crippen LogP contribution in [0.25, 0.3) is 0 Å². The number of nitrogens with zero attached hydrogens (tertiary/aromatic N) is 4. The summed E-state index contributed by atoms with van der Waals surface area (Å²) in [7, 11) is 0. The van der Waals surface area contributed by atoms with E-state index in [4.69, 9.17) is 11.6 Å². The van der Waals surface area contributed by atoms with Crippen LogP contribution in [0.4, 0.5) is 4.39 Å². The van der Waals surface area contributed by atoms with E-state index < -0.39 is 12.0 Å². The smallest absolute Gasteiger partial charge is 0.320 e. The van der Waals surface area contributed by atoms with Crippen molar-refractivity contribution in [3.05, 3.63) is 58.4 Å². The Hall–Kier alpha value is -2.09. The lowest BCUT2D eigenvalue weighted by Gasteiger charge is -2.35. The average Bonchev–Trinajstić information content (AvgIpc) is 3.63. The fourth-order valence-corrected chi connectivity index (χ4v) is 6.63. The molecule has 1 aromatic heterocycles. The Morgan fingerprint density at radius 3 is 2.66 bits per heavy atom. The Bertz CT molecular complexity index is 1110. The number of aryl methyl sites for hydroxylation is 2. The van der Waals surface area contributed by atoms with E-state index in [1.807, 2.05) is 19.2 Å². The highest BCUT2D eigenvalue weighted by molar-refractivity contribution is 6.29. The molecule has 0 radical (unpaired) electrons. The minimum atomic E-state index is -0.713. The van der Waals surface area contributed by atoms with E-state index >= 15 is 0 Å². The second kappa shape index (κ2) is 12.4. The normalized spacial score (nSPS) is 24.1. The van der Waals surface area contributed by atoms with Crippen molar-refractivity contribution < 1.29 is 14.3 Å². The number of rotatable bonds is 11. The van der Waals surface area contributed by atoms with Crippen molar-refractivity contribution in [2.75, 3.05) is 32.7 Å². The Kier molecular flexibility index (Phi) is 8.96. The summed E-state index contributed by atoms with van der Waals surface area (Å²) >= 11 is 6.12. The molecular formula is C30H40ClFN4O2. The minimum Gasteiger partial charge on any atom is -0.480 e. The molecular weight excluding hydrogens is 503 g/mol. The van der Waals surface area contributed by atoms with Crippen LogP contribution in [0.2, 0.25) is 5.15 Å². The number of likely N-dealkylation sites (tertiary alicyclic amines) is 2. The van der Waals surface area contributed by atoms with Crippen molar-refractivity contribution >= 4 is 17.6 Å². The van der Waals surface area contributed by atoms with E-state index in [0.717, 1.165) is 75.2 Å². The number of carboxylic acid groups (broad SMARTS) is 1. The maximum atomic E-state index is 14.1. The predicted octanol–water partition coefficient (Wildman–Crippen LogP) is 5.58. The monoisotopic (exact) mass is 542 g/mol. The molecule has 3 heterocycles. The number of hydrogen-bond donors (Lipinski definition) is 1. The molecule has 0 spiro atoms. The van der Waals surface area contributed by atoms with Gasteiger partial charge in [0.25, 0.3) is 0 Å². The number of piperidine rings is 1. The Labute approximate surface area is 230 Å². The lowest BCUT2D eigenvalue weighted by atomic mass is 9.87. The first-order valence-electron chi connectivity index (χ1n) is 14.3. The van der Waals surface area contributed by atoms with E-state index in [0.29, 0.717) is 29.5 Å². The van der Waals surface area contributed by atoms with Crippen molar-refractivity contribution in [3.63, 3.8) is 0 Å². The van der Waals surface area contributed by atoms with Gasteiger partial charge >= 0.3 is 5.97 Å². The highest BCUT2D eigenvalue weighted by Gasteiger charge is 2.42. The molecule has 6 nitrogen and oxygen atoms in total. The molecule has 1 saturated carbocycles. The van der Waals surface area contributed by atoms with Crippen molar-refractivity contribution in [1.82, 2.24) is 19.8 Å². The van der Waals surface area contributed by atoms with Crippen LogP contribution in [0.5, 0.6) is 0 Å². The van der Waals surface area contributed by atoms with E-state index in [-0.39, 0.29) is 11.7 Å². The van der Waals surface area contributed by atoms with Crippen LogP contribution in [-0.2, 0) is 11.2 Å². The number of aliphatic carboxylic acids is 1. The quantitative estimate of drug-likeness (QED) is 0.400. The highest BCUT2D eigenvalue weighted by atomic mass is 35.5. The second-order valence-electron chi connectivity index (χ2n) is 11.8. The second-order valence-corrected chi connectivity index (χ2v) is 12.1. The minimum absolute atomic E-state index is 0.159. The number of hydrogen-bond acceptors (Lipinski definition) is 5. The van der Waals surface area contributed by atoms with Crippen molar-refractivity contribution in [2.45, 2.75) is 70.3 Å². The van der Waals surface area contributed by atoms with E-state index in [2.05, 4.69) is 19.8 Å². The van der Waals surface area contributed by atoms with Crippen molar-refractivity contribution in [3.8, 4) is 0 Å². The van der Waals surface area contributed by atoms with E-state index in [9.17, 15) is 14.3 Å². The van der Waals surface area contributed by atoms with E-state index in [1.165, 1.54) is 25.3 Å². The van der Waals surface area contributed by atoms with Gasteiger partial charge in [-0.2, -0.15) is 0 Å². The van der Waals surface area contributed by atoms with Gasteiger partial charge in [0, 0.05) is 31.7 Å². The van der Waals surface area contributed by atoms with Crippen LogP contribution < -0.4 is 0 Å². The maximum absolute atomic E-state index is 14.1. The molecule has 2 aromatic rings. The summed E-state index contributed by atoms with van der Waals surface area (Å²) in [6.45, 7) is 6.41. The molecule has 0 bridgehead atoms. The third-order valence-electron chi connectivity index (χ3n) is 8.92. The Morgan fingerprint density at radius 2 is 1.97 bits per heavy atom. The summed E-state index contributed by atoms with van der Waals surface area (Å²) in [4.78, 5) is 25.7. The molecule has 5 rings (SSSR count). The molecule has 3 atom stereocenters. The van der Waals surface area contributed by atoms with Crippen molar-refractivity contribution in [2.24, 2.45) is 17.8 Å². The maximum Gasteiger partial charge on any atom is 0.320 e. The summed E-state index contributed by atoms with van der Waals surface area (Å²) < 4.78 is 14.1. The van der Waals surface area contributed by atoms with Crippen LogP contribution in [0.3, 0.4) is 0 Å². The molecule has 8 heteroatoms. The third kappa shape index (κ3) is 7.10. The summed E-state index contributed by atoms with van der Waals surface area (Å²) in [5, 5.41) is 10.5. The van der Waals surface area contributed by atoms with Gasteiger partial charge in [0.2, 0.25) is 0 Å². The zero-order valence-corrected chi connectivity index (χ0v) is 23.1. The number of aromatic nitrogens is 2. The third-order valence-corrected chi connectivity index (χ3v) is 9.28. The zero-order chi connectivity index (χ0) is 26.6. The van der Waals surface area contributed by atoms with Crippen LogP contribution in [-0.4, -0.2) is 69.6 Å². The largest absolute Gasteiger partial charge is 0.480 e. The number of halogens is 2. The fraction of sp³-hybridized carbons (Fsp3) is 0.633. The molecule has 2 aliphatic heterocycles. The lowest BCUT2D eigenvalue weighted by molar-refractivity contribution is -0.143. The molecule has 1 aromatic carbocycles. The SMILES string of the molecule is Cc1ncc(CCCC2CCN(C[C@H]3CN([C@H](CC4CC4)C(=O)O)C[C@@H]3c3cccc(F)c3)CC2)nc1Cl. The van der Waals surface area contributed by atoms with Crippen LogP contribution in [0.1, 0.15) is 67.8 Å². The Balaban J connectivity index is 1.15. The van der Waals surface area contributed by atoms with Gasteiger partial charge in [-0.3, -0.25) is 14.7 Å². The topological polar surface area (TPSA) is 69.6 Å². The van der Waals surface area contributed by atoms with Gasteiger partial charge < -0.3 is 10.0 Å². The van der Waals surface area contributed by atoms with Crippen LogP contribution in [0.15, 0.2) is 30.5 Å². The zero-order valence-electron chi connectivity index (χ0n) is 22.4. The van der Waals surface area contributed by atoms with Gasteiger partial charge in [0.05, 0.1) is 11.4 Å². The van der Waals surface area contributed by atoms with Gasteiger partial charge in [-0.15, -0.1) is 0 Å². The van der Waals surface area contributed by atoms with Gasteiger partial charge in [-0.1, -0.05) is 36.6 Å². The lowest BCUT2D eigenvalue weighted by Crippen LogP contribution is -2.41. The number of benzene rings is 1. The van der Waals surface area contributed by atoms with E-state index in [1.54, 1.807) is 12.1 Å². The van der Waals surface area contributed by atoms with Gasteiger partial charge in [-0.05, 0) is 94.0 Å². The molecule has 0 unspecified atom stereocenters. The molecule has 206 valence electrons. The van der Waals surface area contributed by atoms with Gasteiger partial charge in [0.1, 0.15) is 11.9 Å². The molecule has 0 amide bonds. The van der Waals surface area contributed by atoms with Crippen LogP contribution >= 0.6 is 11.6 Å². The molecule has 3 aliphatic rings. The van der Waals surface area contributed by atoms with Gasteiger partial charge in [0.15, 0.2) is 5.15 Å². The fourth-order valence-electron chi connectivity index (χ4n) is 6.48. The van der Waals surface area contributed by atoms with Crippen molar-refractivity contribution in [1.29, 1.82) is 0 Å². The molecule has 1 N–H and O–H groups in total. The molecule has 1 aliphatic carbocycles. The number of carbonyl (C=O) groups is 1. The molecule has 38 heavy (non-hydrogen) atoms. The first-order valence-corrected chi connectivity index (χ1v) is 14.7. The molecule has 3 fully saturated rings. The first-order chi connectivity index (χ1) is 18.4. The summed E-state index contributed by atoms with van der Waals surface area (Å²) in [5.41, 5.74) is 2.74. The number of carboxylic acids is 1. The average molecular weight is 543 g/mol. The highest BCUT2D eigenvalue weighted by Crippen LogP contribution is 2.39. The summed E-state index contributed by atoms with van der Waals surface area (Å²) in [6, 6.07) is 6.50.